The van der Waals surface area contributed by atoms with Crippen molar-refractivity contribution in [2.24, 2.45) is 11.8 Å². The first-order chi connectivity index (χ1) is 21.1. The molecule has 0 aliphatic carbocycles. The Kier molecular flexibility index (Phi) is 14.7. The van der Waals surface area contributed by atoms with Crippen molar-refractivity contribution >= 4 is 34.4 Å². The zero-order chi connectivity index (χ0) is 35.1. The first-order valence-corrected chi connectivity index (χ1v) is 23.4. The average Bonchev–Trinajstić information content (AvgIpc) is 2.95. The van der Waals surface area contributed by atoms with Gasteiger partial charge in [0.25, 0.3) is 0 Å². The molecule has 1 N–H and O–H groups in total. The summed E-state index contributed by atoms with van der Waals surface area (Å²) in [4.78, 5) is 13.6. The highest BCUT2D eigenvalue weighted by molar-refractivity contribution is 7.99. The fraction of sp³-hybridized carbons (Fsp3) is 0.750. The number of thioether (sulfide) groups is 1. The second-order valence-corrected chi connectivity index (χ2v) is 26.5. The summed E-state index contributed by atoms with van der Waals surface area (Å²) in [7, 11) is -1.29. The van der Waals surface area contributed by atoms with Crippen LogP contribution in [-0.2, 0) is 27.9 Å². The molecule has 262 valence electrons. The van der Waals surface area contributed by atoms with Crippen LogP contribution in [0, 0.1) is 23.7 Å². The van der Waals surface area contributed by atoms with Gasteiger partial charge in [0, 0.05) is 36.0 Å². The van der Waals surface area contributed by atoms with E-state index in [1.165, 1.54) is 12.0 Å². The molecule has 0 aromatic heterocycles. The van der Waals surface area contributed by atoms with Gasteiger partial charge in [-0.1, -0.05) is 79.5 Å². The minimum absolute atomic E-state index is 0.00788. The summed E-state index contributed by atoms with van der Waals surface area (Å²) < 4.78 is 31.1. The minimum atomic E-state index is -2.23. The van der Waals surface area contributed by atoms with Crippen LogP contribution in [0.5, 0.6) is 0 Å². The van der Waals surface area contributed by atoms with Crippen LogP contribution < -0.4 is 0 Å². The van der Waals surface area contributed by atoms with Gasteiger partial charge in [-0.15, -0.1) is 11.8 Å². The Bertz CT molecular complexity index is 1170. The van der Waals surface area contributed by atoms with E-state index in [0.717, 1.165) is 12.2 Å². The van der Waals surface area contributed by atoms with Crippen LogP contribution in [0.15, 0.2) is 35.2 Å². The first kappa shape index (κ1) is 41.0. The summed E-state index contributed by atoms with van der Waals surface area (Å²) in [5.74, 6) is 4.36. The van der Waals surface area contributed by atoms with Crippen molar-refractivity contribution in [3.05, 3.63) is 30.3 Å². The number of carbonyl (C=O) groups is 1. The lowest BCUT2D eigenvalue weighted by atomic mass is 9.80. The van der Waals surface area contributed by atoms with E-state index >= 15 is 0 Å². The maximum Gasteiger partial charge on any atom is 0.308 e. The van der Waals surface area contributed by atoms with Gasteiger partial charge in [-0.05, 0) is 60.7 Å². The van der Waals surface area contributed by atoms with Gasteiger partial charge in [0.1, 0.15) is 0 Å². The third-order valence-electron chi connectivity index (χ3n) is 10.3. The maximum absolute atomic E-state index is 12.4. The Hall–Kier alpha value is -1.17. The molecule has 1 fully saturated rings. The van der Waals surface area contributed by atoms with E-state index < -0.39 is 40.4 Å². The van der Waals surface area contributed by atoms with Crippen molar-refractivity contribution in [1.29, 1.82) is 0 Å². The van der Waals surface area contributed by atoms with Gasteiger partial charge >= 0.3 is 5.97 Å². The van der Waals surface area contributed by atoms with Crippen molar-refractivity contribution in [3.8, 4) is 11.8 Å². The Morgan fingerprint density at radius 3 is 2.11 bits per heavy atom. The van der Waals surface area contributed by atoms with Crippen molar-refractivity contribution in [2.75, 3.05) is 20.0 Å². The molecule has 1 unspecified atom stereocenters. The highest BCUT2D eigenvalue weighted by Gasteiger charge is 2.53. The molecular formula is C36H62O7SSi2. The molecular weight excluding hydrogens is 633 g/mol. The largest absolute Gasteiger partial charge is 0.469 e. The van der Waals surface area contributed by atoms with Gasteiger partial charge in [-0.3, -0.25) is 4.79 Å². The highest BCUT2D eigenvalue weighted by Crippen LogP contribution is 2.45. The Labute approximate surface area is 286 Å². The number of ether oxygens (including phenoxy) is 3. The molecule has 7 atom stereocenters. The fourth-order valence-corrected chi connectivity index (χ4v) is 8.78. The average molecular weight is 695 g/mol. The smallest absolute Gasteiger partial charge is 0.308 e. The number of hydrogen-bond donors (Lipinski definition) is 1. The highest BCUT2D eigenvalue weighted by atomic mass is 32.2. The van der Waals surface area contributed by atoms with Gasteiger partial charge < -0.3 is 28.2 Å². The van der Waals surface area contributed by atoms with E-state index in [1.54, 1.807) is 18.9 Å². The lowest BCUT2D eigenvalue weighted by Gasteiger charge is -2.50. The molecule has 0 bridgehead atoms. The zero-order valence-electron chi connectivity index (χ0n) is 31.0. The van der Waals surface area contributed by atoms with Crippen molar-refractivity contribution in [1.82, 2.24) is 0 Å². The van der Waals surface area contributed by atoms with Crippen LogP contribution in [0.3, 0.4) is 0 Å². The van der Waals surface area contributed by atoms with Gasteiger partial charge in [0.2, 0.25) is 5.79 Å². The van der Waals surface area contributed by atoms with E-state index in [9.17, 15) is 9.90 Å². The zero-order valence-corrected chi connectivity index (χ0v) is 33.8. The van der Waals surface area contributed by atoms with Gasteiger partial charge in [0.05, 0.1) is 37.9 Å². The molecule has 0 saturated carbocycles. The van der Waals surface area contributed by atoms with E-state index in [4.69, 9.17) is 23.1 Å². The molecule has 1 aromatic rings. The monoisotopic (exact) mass is 694 g/mol. The second-order valence-electron chi connectivity index (χ2n) is 15.8. The summed E-state index contributed by atoms with van der Waals surface area (Å²) in [6.07, 6.45) is -0.276. The van der Waals surface area contributed by atoms with Crippen LogP contribution in [-0.4, -0.2) is 77.9 Å². The number of carbonyl (C=O) groups excluding carboxylic acids is 1. The van der Waals surface area contributed by atoms with E-state index in [-0.39, 0.29) is 40.7 Å². The van der Waals surface area contributed by atoms with Crippen LogP contribution in [0.25, 0.3) is 0 Å². The summed E-state index contributed by atoms with van der Waals surface area (Å²) in [5, 5.41) is 12.0. The minimum Gasteiger partial charge on any atom is -0.469 e. The third kappa shape index (κ3) is 10.9. The van der Waals surface area contributed by atoms with Gasteiger partial charge in [0.15, 0.2) is 16.6 Å². The van der Waals surface area contributed by atoms with Crippen molar-refractivity contribution < 1.29 is 33.0 Å². The SMILES string of the molecule is COC(=O)C[C@H]1OC(O)(C#CC[C@H](OC)[C@H](CCSc2ccccc2)O[Si](C)(C)C(C)(C)C)[C@H](C)[C@@H](O[Si](C)(C)C(C)(C)C)[C@H]1C. The molecule has 0 amide bonds. The van der Waals surface area contributed by atoms with Gasteiger partial charge in [-0.25, -0.2) is 0 Å². The molecule has 0 radical (unpaired) electrons. The Morgan fingerprint density at radius 1 is 1.00 bits per heavy atom. The van der Waals surface area contributed by atoms with E-state index in [2.05, 4.69) is 104 Å². The summed E-state index contributed by atoms with van der Waals surface area (Å²) in [5.41, 5.74) is 0. The summed E-state index contributed by atoms with van der Waals surface area (Å²) in [6, 6.07) is 10.4. The van der Waals surface area contributed by atoms with E-state index in [1.807, 2.05) is 19.9 Å². The predicted octanol–water partition coefficient (Wildman–Crippen LogP) is 8.28. The first-order valence-electron chi connectivity index (χ1n) is 16.6. The summed E-state index contributed by atoms with van der Waals surface area (Å²) in [6.45, 7) is 26.1. The number of benzene rings is 1. The molecule has 1 aromatic carbocycles. The lowest BCUT2D eigenvalue weighted by Crippen LogP contribution is -2.60. The Morgan fingerprint density at radius 2 is 1.59 bits per heavy atom. The number of aliphatic hydroxyl groups is 1. The van der Waals surface area contributed by atoms with E-state index in [0.29, 0.717) is 6.42 Å². The molecule has 1 heterocycles. The molecule has 2 rings (SSSR count). The number of esters is 1. The number of hydrogen-bond acceptors (Lipinski definition) is 8. The fourth-order valence-electron chi connectivity index (χ4n) is 5.01. The molecule has 1 saturated heterocycles. The number of rotatable bonds is 13. The van der Waals surface area contributed by atoms with Crippen LogP contribution in [0.1, 0.15) is 74.7 Å². The van der Waals surface area contributed by atoms with Crippen LogP contribution >= 0.6 is 11.8 Å². The predicted molar refractivity (Wildman–Crippen MR) is 194 cm³/mol. The molecule has 7 nitrogen and oxygen atoms in total. The normalized spacial score (nSPS) is 25.7. The lowest BCUT2D eigenvalue weighted by molar-refractivity contribution is -0.283. The summed E-state index contributed by atoms with van der Waals surface area (Å²) >= 11 is 1.81. The van der Waals surface area contributed by atoms with Crippen molar-refractivity contribution in [3.63, 3.8) is 0 Å². The molecule has 46 heavy (non-hydrogen) atoms. The second kappa shape index (κ2) is 16.5. The molecule has 1 aliphatic rings. The third-order valence-corrected chi connectivity index (χ3v) is 20.4. The molecule has 0 spiro atoms. The molecule has 10 heteroatoms. The van der Waals surface area contributed by atoms with Gasteiger partial charge in [-0.2, -0.15) is 0 Å². The quantitative estimate of drug-likeness (QED) is 0.0957. The van der Waals surface area contributed by atoms with Crippen molar-refractivity contribution in [2.45, 2.75) is 146 Å². The standard InChI is InChI=1S/C36H62O7SSi2/c1-26-31(25-32(37)40-10)41-36(38,27(2)33(26)43-46(13,14)35(6,7)8)23-18-21-29(39-9)30(42-45(11,12)34(3,4)5)22-24-44-28-19-16-15-17-20-28/h15-17,19-20,26-27,29-31,33,38H,21-22,24-25H2,1-14H3/t26-,27+,29-,30-,31+,33-,36?/m0/s1. The topological polar surface area (TPSA) is 83.5 Å². The number of methoxy groups -OCH3 is 2. The molecule has 1 aliphatic heterocycles. The van der Waals surface area contributed by atoms with Crippen LogP contribution in [0.2, 0.25) is 36.3 Å². The maximum atomic E-state index is 12.4. The Balaban J connectivity index is 2.38. The van der Waals surface area contributed by atoms with Crippen LogP contribution in [0.4, 0.5) is 0 Å².